The van der Waals surface area contributed by atoms with Crippen LogP contribution in [0.4, 0.5) is 13.2 Å². The molecule has 0 saturated heterocycles. The van der Waals surface area contributed by atoms with Gasteiger partial charge in [-0.1, -0.05) is 55.1 Å². The molecule has 0 radical (unpaired) electrons. The zero-order valence-corrected chi connectivity index (χ0v) is 12.8. The molecule has 0 fully saturated rings. The summed E-state index contributed by atoms with van der Waals surface area (Å²) in [6, 6.07) is 13.2. The fraction of sp³-hybridized carbons (Fsp3) is 0.176. The van der Waals surface area contributed by atoms with Gasteiger partial charge in [0.2, 0.25) is 0 Å². The maximum atomic E-state index is 12.6. The Morgan fingerprint density at radius 1 is 1.09 bits per heavy atom. The third-order valence-electron chi connectivity index (χ3n) is 2.95. The quantitative estimate of drug-likeness (QED) is 0.511. The van der Waals surface area contributed by atoms with E-state index in [9.17, 15) is 13.2 Å². The second-order valence-corrected chi connectivity index (χ2v) is 5.03. The summed E-state index contributed by atoms with van der Waals surface area (Å²) in [4.78, 5) is 0. The first-order valence-electron chi connectivity index (χ1n) is 6.73. The van der Waals surface area contributed by atoms with Crippen LogP contribution in [-0.2, 0) is 0 Å². The Balaban J connectivity index is 2.45. The van der Waals surface area contributed by atoms with Crippen molar-refractivity contribution in [3.8, 4) is 11.5 Å². The predicted octanol–water partition coefficient (Wildman–Crippen LogP) is 5.48. The minimum atomic E-state index is -4.82. The summed E-state index contributed by atoms with van der Waals surface area (Å²) in [7, 11) is 0. The molecule has 0 aliphatic heterocycles. The molecule has 6 heteroatoms. The van der Waals surface area contributed by atoms with Gasteiger partial charge >= 0.3 is 6.36 Å². The molecule has 0 aliphatic carbocycles. The molecular formula is C17H14ClF3O2. The molecule has 0 aromatic heterocycles. The number of hydrogen-bond donors (Lipinski definition) is 0. The number of para-hydroxylation sites is 1. The van der Waals surface area contributed by atoms with Crippen LogP contribution >= 0.6 is 11.6 Å². The molecule has 0 saturated carbocycles. The van der Waals surface area contributed by atoms with Gasteiger partial charge in [0, 0.05) is 5.56 Å². The van der Waals surface area contributed by atoms with Crippen molar-refractivity contribution in [2.75, 3.05) is 6.61 Å². The highest BCUT2D eigenvalue weighted by atomic mass is 35.5. The summed E-state index contributed by atoms with van der Waals surface area (Å²) in [5.41, 5.74) is 1.13. The molecule has 0 N–H and O–H groups in total. The molecule has 0 spiro atoms. The van der Waals surface area contributed by atoms with Gasteiger partial charge in [0.05, 0.1) is 5.38 Å². The van der Waals surface area contributed by atoms with E-state index in [0.717, 1.165) is 5.56 Å². The summed E-state index contributed by atoms with van der Waals surface area (Å²) in [6.07, 6.45) is -3.39. The van der Waals surface area contributed by atoms with Gasteiger partial charge in [-0.25, -0.2) is 0 Å². The molecule has 0 bridgehead atoms. The molecule has 2 nitrogen and oxygen atoms in total. The highest BCUT2D eigenvalue weighted by molar-refractivity contribution is 6.22. The van der Waals surface area contributed by atoms with Crippen molar-refractivity contribution in [3.63, 3.8) is 0 Å². The Morgan fingerprint density at radius 2 is 1.78 bits per heavy atom. The average Bonchev–Trinajstić information content (AvgIpc) is 2.52. The Hall–Kier alpha value is -2.14. The highest BCUT2D eigenvalue weighted by Gasteiger charge is 2.33. The lowest BCUT2D eigenvalue weighted by Gasteiger charge is -2.19. The van der Waals surface area contributed by atoms with Crippen LogP contribution in [0.25, 0.3) is 0 Å². The smallest absolute Gasteiger partial charge is 0.485 e. The van der Waals surface area contributed by atoms with E-state index in [-0.39, 0.29) is 12.4 Å². The average molecular weight is 343 g/mol. The zero-order chi connectivity index (χ0) is 16.9. The predicted molar refractivity (Wildman–Crippen MR) is 83.0 cm³/mol. The van der Waals surface area contributed by atoms with Gasteiger partial charge < -0.3 is 9.47 Å². The lowest BCUT2D eigenvalue weighted by molar-refractivity contribution is -0.275. The summed E-state index contributed by atoms with van der Waals surface area (Å²) >= 11 is 6.42. The van der Waals surface area contributed by atoms with Crippen molar-refractivity contribution in [2.24, 2.45) is 0 Å². The topological polar surface area (TPSA) is 18.5 Å². The maximum absolute atomic E-state index is 12.6. The van der Waals surface area contributed by atoms with E-state index in [2.05, 4.69) is 11.3 Å². The SMILES string of the molecule is C=CCOc1c(OC(F)(F)F)cccc1C(Cl)c1ccccc1. The van der Waals surface area contributed by atoms with Gasteiger partial charge in [-0.3, -0.25) is 0 Å². The molecule has 2 aromatic rings. The van der Waals surface area contributed by atoms with Crippen LogP contribution < -0.4 is 9.47 Å². The summed E-state index contributed by atoms with van der Waals surface area (Å²) in [5.74, 6) is -0.480. The van der Waals surface area contributed by atoms with Crippen molar-refractivity contribution in [1.29, 1.82) is 0 Å². The number of ether oxygens (including phenoxy) is 2. The third-order valence-corrected chi connectivity index (χ3v) is 3.43. The maximum Gasteiger partial charge on any atom is 0.573 e. The first kappa shape index (κ1) is 17.2. The van der Waals surface area contributed by atoms with Crippen LogP contribution in [0.15, 0.2) is 61.2 Å². The molecule has 2 aromatic carbocycles. The third kappa shape index (κ3) is 4.66. The minimum Gasteiger partial charge on any atom is -0.485 e. The first-order valence-corrected chi connectivity index (χ1v) is 7.17. The van der Waals surface area contributed by atoms with Gasteiger partial charge in [0.1, 0.15) is 6.61 Å². The number of rotatable bonds is 6. The second-order valence-electron chi connectivity index (χ2n) is 4.60. The highest BCUT2D eigenvalue weighted by Crippen LogP contribution is 2.42. The van der Waals surface area contributed by atoms with Gasteiger partial charge in [0.15, 0.2) is 11.5 Å². The largest absolute Gasteiger partial charge is 0.573 e. The van der Waals surface area contributed by atoms with E-state index in [1.807, 2.05) is 6.07 Å². The van der Waals surface area contributed by atoms with Crippen molar-refractivity contribution in [3.05, 3.63) is 72.3 Å². The summed E-state index contributed by atoms with van der Waals surface area (Å²) in [6.45, 7) is 3.52. The molecule has 23 heavy (non-hydrogen) atoms. The van der Waals surface area contributed by atoms with Crippen LogP contribution in [-0.4, -0.2) is 13.0 Å². The van der Waals surface area contributed by atoms with Gasteiger partial charge in [0.25, 0.3) is 0 Å². The number of alkyl halides is 4. The fourth-order valence-electron chi connectivity index (χ4n) is 2.04. The zero-order valence-electron chi connectivity index (χ0n) is 12.0. The van der Waals surface area contributed by atoms with Crippen LogP contribution in [0.1, 0.15) is 16.5 Å². The van der Waals surface area contributed by atoms with Gasteiger partial charge in [-0.05, 0) is 11.6 Å². The van der Waals surface area contributed by atoms with Crippen molar-refractivity contribution >= 4 is 11.6 Å². The first-order chi connectivity index (χ1) is 10.9. The van der Waals surface area contributed by atoms with E-state index in [1.165, 1.54) is 18.2 Å². The normalized spacial score (nSPS) is 12.5. The van der Waals surface area contributed by atoms with E-state index < -0.39 is 17.5 Å². The summed E-state index contributed by atoms with van der Waals surface area (Å²) < 4.78 is 47.1. The molecule has 0 heterocycles. The van der Waals surface area contributed by atoms with Crippen molar-refractivity contribution < 1.29 is 22.6 Å². The molecule has 1 unspecified atom stereocenters. The van der Waals surface area contributed by atoms with Crippen LogP contribution in [0.3, 0.4) is 0 Å². The number of halogens is 4. The van der Waals surface area contributed by atoms with Crippen molar-refractivity contribution in [1.82, 2.24) is 0 Å². The lowest BCUT2D eigenvalue weighted by atomic mass is 10.0. The number of hydrogen-bond acceptors (Lipinski definition) is 2. The van der Waals surface area contributed by atoms with E-state index in [4.69, 9.17) is 16.3 Å². The Kier molecular flexibility index (Phi) is 5.55. The van der Waals surface area contributed by atoms with Gasteiger partial charge in [-0.2, -0.15) is 0 Å². The molecule has 1 atom stereocenters. The minimum absolute atomic E-state index is 0.0314. The molecule has 122 valence electrons. The number of benzene rings is 2. The molecule has 0 amide bonds. The molecule has 2 rings (SSSR count). The van der Waals surface area contributed by atoms with Crippen molar-refractivity contribution in [2.45, 2.75) is 11.7 Å². The second kappa shape index (κ2) is 7.42. The monoisotopic (exact) mass is 342 g/mol. The van der Waals surface area contributed by atoms with E-state index in [1.54, 1.807) is 30.3 Å². The standard InChI is InChI=1S/C17H14ClF3O2/c1-2-11-22-16-13(15(18)12-7-4-3-5-8-12)9-6-10-14(16)23-17(19,20)21/h2-10,15H,1,11H2. The van der Waals surface area contributed by atoms with E-state index >= 15 is 0 Å². The molecular weight excluding hydrogens is 329 g/mol. The Morgan fingerprint density at radius 3 is 2.39 bits per heavy atom. The fourth-order valence-corrected chi connectivity index (χ4v) is 2.35. The lowest BCUT2D eigenvalue weighted by Crippen LogP contribution is -2.18. The summed E-state index contributed by atoms with van der Waals surface area (Å²) in [5, 5.41) is -0.673. The molecule has 0 aliphatic rings. The Labute approximate surface area is 137 Å². The van der Waals surface area contributed by atoms with Gasteiger partial charge in [-0.15, -0.1) is 24.8 Å². The Bertz CT molecular complexity index is 657. The van der Waals surface area contributed by atoms with E-state index in [0.29, 0.717) is 5.56 Å². The van der Waals surface area contributed by atoms with Crippen LogP contribution in [0.2, 0.25) is 0 Å². The van der Waals surface area contributed by atoms with Crippen LogP contribution in [0, 0.1) is 0 Å². The van der Waals surface area contributed by atoms with Crippen LogP contribution in [0.5, 0.6) is 11.5 Å².